The Morgan fingerprint density at radius 1 is 1.21 bits per heavy atom. The fraction of sp³-hybridized carbons (Fsp3) is 0.385. The molecule has 0 fully saturated rings. The molecule has 0 bridgehead atoms. The Morgan fingerprint density at radius 3 is 2.47 bits per heavy atom. The summed E-state index contributed by atoms with van der Waals surface area (Å²) < 4.78 is 4.80. The Balaban J connectivity index is 2.35. The van der Waals surface area contributed by atoms with Crippen molar-refractivity contribution in [3.63, 3.8) is 0 Å². The first-order chi connectivity index (χ1) is 9.17. The van der Waals surface area contributed by atoms with Crippen molar-refractivity contribution in [1.29, 1.82) is 0 Å². The van der Waals surface area contributed by atoms with Crippen LogP contribution >= 0.6 is 0 Å². The van der Waals surface area contributed by atoms with Gasteiger partial charge >= 0.3 is 0 Å². The third-order valence-electron chi connectivity index (χ3n) is 2.49. The van der Waals surface area contributed by atoms with E-state index < -0.39 is 0 Å². The molecule has 104 valence electrons. The van der Waals surface area contributed by atoms with E-state index in [1.54, 1.807) is 31.4 Å². The molecule has 0 aliphatic rings. The zero-order chi connectivity index (χ0) is 14.1. The SMILES string of the molecule is COCCNC(=O)CNC(=O)c1ccc(CN)cc1. The fourth-order valence-corrected chi connectivity index (χ4v) is 1.41. The molecule has 6 heteroatoms. The number of carbonyl (C=O) groups is 2. The van der Waals surface area contributed by atoms with E-state index in [4.69, 9.17) is 10.5 Å². The molecule has 4 N–H and O–H groups in total. The van der Waals surface area contributed by atoms with Crippen LogP contribution in [0.4, 0.5) is 0 Å². The van der Waals surface area contributed by atoms with Gasteiger partial charge in [-0.15, -0.1) is 0 Å². The first-order valence-corrected chi connectivity index (χ1v) is 6.00. The molecule has 2 amide bonds. The van der Waals surface area contributed by atoms with Gasteiger partial charge in [0.15, 0.2) is 0 Å². The molecule has 19 heavy (non-hydrogen) atoms. The van der Waals surface area contributed by atoms with E-state index in [1.165, 1.54) is 0 Å². The molecule has 0 spiro atoms. The minimum atomic E-state index is -0.287. The number of ether oxygens (including phenoxy) is 1. The molecular weight excluding hydrogens is 246 g/mol. The predicted octanol–water partition coefficient (Wildman–Crippen LogP) is -0.362. The van der Waals surface area contributed by atoms with Gasteiger partial charge in [-0.3, -0.25) is 9.59 Å². The molecule has 0 saturated heterocycles. The summed E-state index contributed by atoms with van der Waals surface area (Å²) in [5.41, 5.74) is 6.92. The molecule has 0 saturated carbocycles. The predicted molar refractivity (Wildman–Crippen MR) is 71.6 cm³/mol. The summed E-state index contributed by atoms with van der Waals surface area (Å²) in [4.78, 5) is 23.1. The van der Waals surface area contributed by atoms with Crippen LogP contribution in [-0.2, 0) is 16.1 Å². The lowest BCUT2D eigenvalue weighted by atomic mass is 10.1. The fourth-order valence-electron chi connectivity index (χ4n) is 1.41. The number of nitrogens with one attached hydrogen (secondary N) is 2. The van der Waals surface area contributed by atoms with Gasteiger partial charge < -0.3 is 21.1 Å². The highest BCUT2D eigenvalue weighted by Crippen LogP contribution is 2.03. The molecule has 0 aliphatic heterocycles. The van der Waals surface area contributed by atoms with Crippen LogP contribution in [0.2, 0.25) is 0 Å². The number of carbonyl (C=O) groups excluding carboxylic acids is 2. The topological polar surface area (TPSA) is 93.5 Å². The van der Waals surface area contributed by atoms with E-state index in [2.05, 4.69) is 10.6 Å². The molecular formula is C13H19N3O3. The van der Waals surface area contributed by atoms with Gasteiger partial charge in [-0.25, -0.2) is 0 Å². The molecule has 1 aromatic carbocycles. The zero-order valence-corrected chi connectivity index (χ0v) is 10.9. The quantitative estimate of drug-likeness (QED) is 0.587. The van der Waals surface area contributed by atoms with E-state index in [9.17, 15) is 9.59 Å². The van der Waals surface area contributed by atoms with Crippen LogP contribution in [0.5, 0.6) is 0 Å². The van der Waals surface area contributed by atoms with Crippen LogP contribution in [0.3, 0.4) is 0 Å². The second kappa shape index (κ2) is 8.23. The maximum absolute atomic E-state index is 11.7. The molecule has 1 rings (SSSR count). The van der Waals surface area contributed by atoms with Gasteiger partial charge in [0, 0.05) is 25.8 Å². The van der Waals surface area contributed by atoms with Gasteiger partial charge in [0.2, 0.25) is 5.91 Å². The Labute approximate surface area is 112 Å². The molecule has 0 atom stereocenters. The third-order valence-corrected chi connectivity index (χ3v) is 2.49. The Bertz CT molecular complexity index is 418. The molecule has 0 radical (unpaired) electrons. The van der Waals surface area contributed by atoms with Crippen LogP contribution in [0.25, 0.3) is 0 Å². The van der Waals surface area contributed by atoms with Crippen LogP contribution in [0.1, 0.15) is 15.9 Å². The lowest BCUT2D eigenvalue weighted by molar-refractivity contribution is -0.120. The van der Waals surface area contributed by atoms with Gasteiger partial charge in [0.1, 0.15) is 0 Å². The molecule has 6 nitrogen and oxygen atoms in total. The number of hydrogen-bond donors (Lipinski definition) is 3. The summed E-state index contributed by atoms with van der Waals surface area (Å²) in [5.74, 6) is -0.533. The lowest BCUT2D eigenvalue weighted by Crippen LogP contribution is -2.38. The van der Waals surface area contributed by atoms with Gasteiger partial charge in [0.25, 0.3) is 5.91 Å². The summed E-state index contributed by atoms with van der Waals surface area (Å²) in [5, 5.41) is 5.15. The number of amides is 2. The number of hydrogen-bond acceptors (Lipinski definition) is 4. The maximum atomic E-state index is 11.7. The first-order valence-electron chi connectivity index (χ1n) is 6.00. The average molecular weight is 265 g/mol. The normalized spacial score (nSPS) is 10.0. The summed E-state index contributed by atoms with van der Waals surface area (Å²) in [7, 11) is 1.55. The van der Waals surface area contributed by atoms with E-state index >= 15 is 0 Å². The standard InChI is InChI=1S/C13H19N3O3/c1-19-7-6-15-12(17)9-16-13(18)11-4-2-10(8-14)3-5-11/h2-5H,6-9,14H2,1H3,(H,15,17)(H,16,18). The van der Waals surface area contributed by atoms with Crippen molar-refractivity contribution in [3.05, 3.63) is 35.4 Å². The van der Waals surface area contributed by atoms with E-state index in [0.717, 1.165) is 5.56 Å². The number of methoxy groups -OCH3 is 1. The zero-order valence-electron chi connectivity index (χ0n) is 10.9. The molecule has 0 aliphatic carbocycles. The second-order valence-corrected chi connectivity index (χ2v) is 3.93. The molecule has 0 aromatic heterocycles. The van der Waals surface area contributed by atoms with Gasteiger partial charge in [-0.05, 0) is 17.7 Å². The van der Waals surface area contributed by atoms with Crippen molar-refractivity contribution in [2.45, 2.75) is 6.54 Å². The third kappa shape index (κ3) is 5.50. The highest BCUT2D eigenvalue weighted by molar-refractivity contribution is 5.96. The van der Waals surface area contributed by atoms with Crippen LogP contribution in [0.15, 0.2) is 24.3 Å². The summed E-state index contributed by atoms with van der Waals surface area (Å²) in [6.45, 7) is 1.25. The number of benzene rings is 1. The second-order valence-electron chi connectivity index (χ2n) is 3.93. The van der Waals surface area contributed by atoms with E-state index in [0.29, 0.717) is 25.3 Å². The highest BCUT2D eigenvalue weighted by atomic mass is 16.5. The van der Waals surface area contributed by atoms with Crippen molar-refractivity contribution in [3.8, 4) is 0 Å². The van der Waals surface area contributed by atoms with Gasteiger partial charge in [-0.2, -0.15) is 0 Å². The summed E-state index contributed by atoms with van der Waals surface area (Å²) in [6.07, 6.45) is 0. The van der Waals surface area contributed by atoms with Gasteiger partial charge in [0.05, 0.1) is 13.2 Å². The molecule has 0 heterocycles. The largest absolute Gasteiger partial charge is 0.383 e. The molecule has 0 unspecified atom stereocenters. The summed E-state index contributed by atoms with van der Waals surface area (Å²) in [6, 6.07) is 6.93. The highest BCUT2D eigenvalue weighted by Gasteiger charge is 2.07. The Morgan fingerprint density at radius 2 is 1.89 bits per heavy atom. The van der Waals surface area contributed by atoms with Crippen LogP contribution in [-0.4, -0.2) is 38.6 Å². The number of nitrogens with two attached hydrogens (primary N) is 1. The van der Waals surface area contributed by atoms with Crippen molar-refractivity contribution in [1.82, 2.24) is 10.6 Å². The lowest BCUT2D eigenvalue weighted by Gasteiger charge is -2.07. The summed E-state index contributed by atoms with van der Waals surface area (Å²) >= 11 is 0. The average Bonchev–Trinajstić information content (AvgIpc) is 2.45. The van der Waals surface area contributed by atoms with E-state index in [1.807, 2.05) is 0 Å². The maximum Gasteiger partial charge on any atom is 0.251 e. The van der Waals surface area contributed by atoms with Crippen LogP contribution < -0.4 is 16.4 Å². The number of rotatable bonds is 7. The van der Waals surface area contributed by atoms with Crippen molar-refractivity contribution in [2.24, 2.45) is 5.73 Å². The smallest absolute Gasteiger partial charge is 0.251 e. The Kier molecular flexibility index (Phi) is 6.56. The monoisotopic (exact) mass is 265 g/mol. The Hall–Kier alpha value is -1.92. The van der Waals surface area contributed by atoms with Crippen molar-refractivity contribution < 1.29 is 14.3 Å². The minimum absolute atomic E-state index is 0.0544. The van der Waals surface area contributed by atoms with Crippen molar-refractivity contribution >= 4 is 11.8 Å². The first kappa shape index (κ1) is 15.1. The van der Waals surface area contributed by atoms with Crippen LogP contribution in [0, 0.1) is 0 Å². The van der Waals surface area contributed by atoms with Crippen molar-refractivity contribution in [2.75, 3.05) is 26.8 Å². The van der Waals surface area contributed by atoms with Gasteiger partial charge in [-0.1, -0.05) is 12.1 Å². The minimum Gasteiger partial charge on any atom is -0.383 e. The van der Waals surface area contributed by atoms with E-state index in [-0.39, 0.29) is 18.4 Å². The molecule has 1 aromatic rings.